The molecule has 0 spiro atoms. The molecule has 1 atom stereocenters. The Kier molecular flexibility index (Phi) is 5.58. The number of carbonyl (C=O) groups is 2. The second-order valence-corrected chi connectivity index (χ2v) is 9.95. The van der Waals surface area contributed by atoms with Gasteiger partial charge in [0.25, 0.3) is 5.91 Å². The van der Waals surface area contributed by atoms with Crippen molar-refractivity contribution in [2.75, 3.05) is 37.6 Å². The first kappa shape index (κ1) is 21.9. The number of amides is 2. The molecule has 1 unspecified atom stereocenters. The van der Waals surface area contributed by atoms with Gasteiger partial charge in [-0.05, 0) is 31.2 Å². The number of piperazine rings is 1. The normalized spacial score (nSPS) is 19.1. The molecule has 1 aromatic carbocycles. The molecule has 2 aliphatic rings. The molecule has 0 radical (unpaired) electrons. The fourth-order valence-corrected chi connectivity index (χ4v) is 5.82. The van der Waals surface area contributed by atoms with E-state index in [4.69, 9.17) is 0 Å². The zero-order valence-corrected chi connectivity index (χ0v) is 20.3. The summed E-state index contributed by atoms with van der Waals surface area (Å²) in [5, 5.41) is 2.37. The van der Waals surface area contributed by atoms with Gasteiger partial charge in [-0.1, -0.05) is 18.2 Å². The minimum absolute atomic E-state index is 0.00304. The van der Waals surface area contributed by atoms with Gasteiger partial charge < -0.3 is 9.80 Å². The maximum Gasteiger partial charge on any atom is 0.282 e. The number of aryl methyl sites for hydroxylation is 1. The first-order chi connectivity index (χ1) is 17.1. The number of hydrogen-bond acceptors (Lipinski definition) is 6. The molecule has 4 aromatic rings. The summed E-state index contributed by atoms with van der Waals surface area (Å²) in [5.74, 6) is 0.145. The molecule has 0 N–H and O–H groups in total. The first-order valence-electron chi connectivity index (χ1n) is 11.9. The molecule has 178 valence electrons. The van der Waals surface area contributed by atoms with Gasteiger partial charge in [-0.3, -0.25) is 18.9 Å². The van der Waals surface area contributed by atoms with Gasteiger partial charge in [-0.25, -0.2) is 9.97 Å². The van der Waals surface area contributed by atoms with Crippen molar-refractivity contribution in [2.24, 2.45) is 0 Å². The summed E-state index contributed by atoms with van der Waals surface area (Å²) < 4.78 is 2.09. The Morgan fingerprint density at radius 3 is 2.74 bits per heavy atom. The van der Waals surface area contributed by atoms with Crippen LogP contribution in [0.25, 0.3) is 16.9 Å². The Hall–Kier alpha value is -3.56. The second-order valence-electron chi connectivity index (χ2n) is 9.05. The highest BCUT2D eigenvalue weighted by Crippen LogP contribution is 2.31. The maximum atomic E-state index is 13.0. The van der Waals surface area contributed by atoms with Crippen LogP contribution in [-0.4, -0.2) is 74.7 Å². The van der Waals surface area contributed by atoms with Crippen molar-refractivity contribution < 1.29 is 9.59 Å². The largest absolute Gasteiger partial charge is 0.334 e. The van der Waals surface area contributed by atoms with Crippen molar-refractivity contribution in [1.29, 1.82) is 0 Å². The van der Waals surface area contributed by atoms with E-state index in [2.05, 4.69) is 31.4 Å². The number of fused-ring (bicyclic) bond motifs is 1. The molecule has 0 bridgehead atoms. The number of aromatic nitrogens is 3. The number of rotatable bonds is 4. The van der Waals surface area contributed by atoms with Crippen molar-refractivity contribution in [3.05, 3.63) is 70.9 Å². The van der Waals surface area contributed by atoms with Crippen molar-refractivity contribution in [2.45, 2.75) is 19.4 Å². The number of anilines is 1. The lowest BCUT2D eigenvalue weighted by Gasteiger charge is -2.37. The zero-order valence-electron chi connectivity index (χ0n) is 19.5. The smallest absolute Gasteiger partial charge is 0.282 e. The summed E-state index contributed by atoms with van der Waals surface area (Å²) >= 11 is 1.38. The number of thiazole rings is 1. The Morgan fingerprint density at radius 2 is 1.94 bits per heavy atom. The van der Waals surface area contributed by atoms with Crippen LogP contribution in [0.4, 0.5) is 5.69 Å². The fraction of sp³-hybridized carbons (Fsp3) is 0.308. The van der Waals surface area contributed by atoms with Gasteiger partial charge in [0.05, 0.1) is 11.4 Å². The monoisotopic (exact) mass is 486 g/mol. The molecule has 2 saturated heterocycles. The van der Waals surface area contributed by atoms with Crippen LogP contribution >= 0.6 is 11.3 Å². The number of benzene rings is 1. The Labute approximate surface area is 207 Å². The van der Waals surface area contributed by atoms with Crippen LogP contribution < -0.4 is 4.90 Å². The molecule has 0 saturated carbocycles. The van der Waals surface area contributed by atoms with E-state index in [1.165, 1.54) is 11.3 Å². The van der Waals surface area contributed by atoms with Gasteiger partial charge in [-0.15, -0.1) is 11.3 Å². The Balaban J connectivity index is 1.17. The van der Waals surface area contributed by atoms with Crippen LogP contribution in [0.2, 0.25) is 0 Å². The number of imidazole rings is 1. The van der Waals surface area contributed by atoms with E-state index >= 15 is 0 Å². The molecule has 35 heavy (non-hydrogen) atoms. The van der Waals surface area contributed by atoms with E-state index in [9.17, 15) is 9.59 Å². The lowest BCUT2D eigenvalue weighted by Crippen LogP contribution is -2.52. The van der Waals surface area contributed by atoms with Gasteiger partial charge >= 0.3 is 0 Å². The minimum Gasteiger partial charge on any atom is -0.334 e. The van der Waals surface area contributed by atoms with E-state index in [1.807, 2.05) is 58.6 Å². The van der Waals surface area contributed by atoms with Crippen LogP contribution in [0.5, 0.6) is 0 Å². The summed E-state index contributed by atoms with van der Waals surface area (Å²) in [6, 6.07) is 14.3. The molecule has 0 aliphatic carbocycles. The van der Waals surface area contributed by atoms with Crippen LogP contribution in [-0.2, 0) is 4.79 Å². The number of carbonyl (C=O) groups excluding carboxylic acids is 2. The third-order valence-electron chi connectivity index (χ3n) is 6.97. The van der Waals surface area contributed by atoms with Crippen molar-refractivity contribution in [1.82, 2.24) is 24.2 Å². The van der Waals surface area contributed by atoms with Crippen molar-refractivity contribution in [3.63, 3.8) is 0 Å². The number of hydrogen-bond donors (Lipinski definition) is 0. The standard InChI is InChI=1S/C26H26N6O2S/c1-18-24(31-9-3-2-7-22(31)28-18)19-5-4-6-20(15-19)32-17-21(16-23(32)33)29-10-12-30(13-11-29)26(34)25-27-8-14-35-25/h2-9,14-15,21H,10-13,16-17H2,1H3. The molecule has 5 heterocycles. The molecule has 6 rings (SSSR count). The number of nitrogens with zero attached hydrogens (tertiary/aromatic N) is 6. The number of pyridine rings is 1. The van der Waals surface area contributed by atoms with E-state index in [1.54, 1.807) is 6.20 Å². The minimum atomic E-state index is 0.00304. The van der Waals surface area contributed by atoms with Gasteiger partial charge in [0.1, 0.15) is 5.65 Å². The molecular weight excluding hydrogens is 460 g/mol. The third kappa shape index (κ3) is 4.00. The van der Waals surface area contributed by atoms with Crippen LogP contribution in [0.15, 0.2) is 60.2 Å². The second kappa shape index (κ2) is 8.90. The molecule has 2 fully saturated rings. The van der Waals surface area contributed by atoms with Crippen LogP contribution in [0.3, 0.4) is 0 Å². The first-order valence-corrected chi connectivity index (χ1v) is 12.7. The van der Waals surface area contributed by atoms with E-state index in [0.717, 1.165) is 41.4 Å². The average Bonchev–Trinajstić information content (AvgIpc) is 3.62. The van der Waals surface area contributed by atoms with Crippen molar-refractivity contribution >= 4 is 34.5 Å². The highest BCUT2D eigenvalue weighted by molar-refractivity contribution is 7.11. The lowest BCUT2D eigenvalue weighted by atomic mass is 10.1. The van der Waals surface area contributed by atoms with Crippen LogP contribution in [0.1, 0.15) is 21.9 Å². The lowest BCUT2D eigenvalue weighted by molar-refractivity contribution is -0.117. The Bertz CT molecular complexity index is 1390. The van der Waals surface area contributed by atoms with Gasteiger partial charge in [0.15, 0.2) is 5.01 Å². The molecule has 8 nitrogen and oxygen atoms in total. The maximum absolute atomic E-state index is 13.0. The molecular formula is C26H26N6O2S. The summed E-state index contributed by atoms with van der Waals surface area (Å²) in [4.78, 5) is 40.6. The predicted molar refractivity (Wildman–Crippen MR) is 136 cm³/mol. The quantitative estimate of drug-likeness (QED) is 0.442. The van der Waals surface area contributed by atoms with E-state index < -0.39 is 0 Å². The topological polar surface area (TPSA) is 74.1 Å². The molecule has 2 amide bonds. The molecule has 9 heteroatoms. The highest BCUT2D eigenvalue weighted by atomic mass is 32.1. The molecule has 3 aromatic heterocycles. The van der Waals surface area contributed by atoms with Crippen molar-refractivity contribution in [3.8, 4) is 11.3 Å². The van der Waals surface area contributed by atoms with Gasteiger partial charge in [0.2, 0.25) is 5.91 Å². The summed E-state index contributed by atoms with van der Waals surface area (Å²) in [6.45, 7) is 5.53. The summed E-state index contributed by atoms with van der Waals surface area (Å²) in [5.41, 5.74) is 4.88. The summed E-state index contributed by atoms with van der Waals surface area (Å²) in [7, 11) is 0. The highest BCUT2D eigenvalue weighted by Gasteiger charge is 2.36. The molecule has 2 aliphatic heterocycles. The van der Waals surface area contributed by atoms with Gasteiger partial charge in [-0.2, -0.15) is 0 Å². The predicted octanol–water partition coefficient (Wildman–Crippen LogP) is 3.33. The Morgan fingerprint density at radius 1 is 1.09 bits per heavy atom. The fourth-order valence-electron chi connectivity index (χ4n) is 5.22. The average molecular weight is 487 g/mol. The third-order valence-corrected chi connectivity index (χ3v) is 7.73. The zero-order chi connectivity index (χ0) is 23.9. The van der Waals surface area contributed by atoms with Gasteiger partial charge in [0, 0.05) is 74.2 Å². The SMILES string of the molecule is Cc1nc2ccccn2c1-c1cccc(N2CC(N3CCN(C(=O)c4nccs4)CC3)CC2=O)c1. The van der Waals surface area contributed by atoms with E-state index in [-0.39, 0.29) is 17.9 Å². The van der Waals surface area contributed by atoms with Crippen LogP contribution in [0, 0.1) is 6.92 Å². The summed E-state index contributed by atoms with van der Waals surface area (Å²) in [6.07, 6.45) is 4.19. The van der Waals surface area contributed by atoms with E-state index in [0.29, 0.717) is 31.1 Å².